The fourth-order valence-corrected chi connectivity index (χ4v) is 3.42. The van der Waals surface area contributed by atoms with Gasteiger partial charge in [0.15, 0.2) is 0 Å². The van der Waals surface area contributed by atoms with Gasteiger partial charge in [0.1, 0.15) is 5.82 Å². The molecule has 0 bridgehead atoms. The zero-order valence-corrected chi connectivity index (χ0v) is 12.8. The summed E-state index contributed by atoms with van der Waals surface area (Å²) in [6.45, 7) is 4.74. The minimum atomic E-state index is -0.255. The predicted molar refractivity (Wildman–Crippen MR) is 81.9 cm³/mol. The third-order valence-corrected chi connectivity index (χ3v) is 4.63. The molecule has 1 amide bonds. The Balaban J connectivity index is 1.77. The van der Waals surface area contributed by atoms with Crippen LogP contribution in [-0.4, -0.2) is 48.2 Å². The second kappa shape index (κ2) is 6.12. The van der Waals surface area contributed by atoms with Crippen molar-refractivity contribution in [3.63, 3.8) is 0 Å². The van der Waals surface area contributed by atoms with Crippen LogP contribution in [-0.2, 0) is 17.7 Å². The van der Waals surface area contributed by atoms with E-state index in [9.17, 15) is 9.18 Å². The van der Waals surface area contributed by atoms with Crippen LogP contribution in [0.15, 0.2) is 12.1 Å². The topological polar surface area (TPSA) is 58.8 Å². The highest BCUT2D eigenvalue weighted by Crippen LogP contribution is 2.30. The van der Waals surface area contributed by atoms with E-state index in [2.05, 4.69) is 4.90 Å². The first-order valence-electron chi connectivity index (χ1n) is 7.81. The lowest BCUT2D eigenvalue weighted by molar-refractivity contribution is 0.0481. The molecule has 3 rings (SSSR count). The maximum Gasteiger partial charge on any atom is 0.409 e. The van der Waals surface area contributed by atoms with Gasteiger partial charge in [-0.05, 0) is 37.5 Å². The van der Waals surface area contributed by atoms with Crippen molar-refractivity contribution < 1.29 is 13.9 Å². The lowest BCUT2D eigenvalue weighted by Gasteiger charge is -2.40. The first kappa shape index (κ1) is 15.1. The molecule has 0 radical (unpaired) electrons. The zero-order chi connectivity index (χ0) is 15.7. The van der Waals surface area contributed by atoms with E-state index in [0.717, 1.165) is 24.9 Å². The smallest absolute Gasteiger partial charge is 0.409 e. The van der Waals surface area contributed by atoms with E-state index in [-0.39, 0.29) is 18.0 Å². The van der Waals surface area contributed by atoms with Crippen LogP contribution >= 0.6 is 0 Å². The van der Waals surface area contributed by atoms with E-state index >= 15 is 0 Å². The highest BCUT2D eigenvalue weighted by molar-refractivity contribution is 5.67. The Labute approximate surface area is 129 Å². The van der Waals surface area contributed by atoms with Crippen LogP contribution < -0.4 is 5.73 Å². The summed E-state index contributed by atoms with van der Waals surface area (Å²) < 4.78 is 19.2. The van der Waals surface area contributed by atoms with E-state index < -0.39 is 0 Å². The molecule has 0 aromatic heterocycles. The Kier molecular flexibility index (Phi) is 4.20. The molecule has 2 aliphatic heterocycles. The van der Waals surface area contributed by atoms with Gasteiger partial charge in [0, 0.05) is 43.5 Å². The van der Waals surface area contributed by atoms with Crippen molar-refractivity contribution >= 4 is 11.8 Å². The first-order valence-corrected chi connectivity index (χ1v) is 7.81. The molecule has 1 aromatic rings. The van der Waals surface area contributed by atoms with Crippen LogP contribution in [0, 0.1) is 5.82 Å². The third kappa shape index (κ3) is 2.75. The molecule has 2 aliphatic rings. The Morgan fingerprint density at radius 1 is 1.41 bits per heavy atom. The number of nitrogen functional groups attached to an aromatic ring is 1. The SMILES string of the molecule is CCOC(=O)N1CCN2Cc3c(F)ccc(N)c3CCC2C1. The van der Waals surface area contributed by atoms with Crippen LogP contribution in [0.1, 0.15) is 24.5 Å². The molecule has 1 unspecified atom stereocenters. The second-order valence-electron chi connectivity index (χ2n) is 5.90. The number of ether oxygens (including phenoxy) is 1. The van der Waals surface area contributed by atoms with Crippen molar-refractivity contribution in [3.8, 4) is 0 Å². The van der Waals surface area contributed by atoms with Gasteiger partial charge in [0.05, 0.1) is 6.61 Å². The molecule has 0 spiro atoms. The molecular weight excluding hydrogens is 285 g/mol. The average molecular weight is 307 g/mol. The quantitative estimate of drug-likeness (QED) is 0.806. The normalized spacial score (nSPS) is 21.7. The number of amides is 1. The Morgan fingerprint density at radius 3 is 3.00 bits per heavy atom. The van der Waals surface area contributed by atoms with Gasteiger partial charge < -0.3 is 15.4 Å². The van der Waals surface area contributed by atoms with Crippen molar-refractivity contribution in [2.75, 3.05) is 32.0 Å². The molecule has 2 heterocycles. The number of nitrogens with zero attached hydrogens (tertiary/aromatic N) is 2. The highest BCUT2D eigenvalue weighted by Gasteiger charge is 2.33. The van der Waals surface area contributed by atoms with Crippen molar-refractivity contribution in [1.29, 1.82) is 0 Å². The lowest BCUT2D eigenvalue weighted by Crippen LogP contribution is -2.54. The number of hydrogen-bond acceptors (Lipinski definition) is 4. The number of hydrogen-bond donors (Lipinski definition) is 1. The molecule has 1 saturated heterocycles. The number of benzene rings is 1. The number of rotatable bonds is 1. The van der Waals surface area contributed by atoms with E-state index in [1.54, 1.807) is 11.0 Å². The van der Waals surface area contributed by atoms with Gasteiger partial charge in [0.25, 0.3) is 0 Å². The largest absolute Gasteiger partial charge is 0.450 e. The van der Waals surface area contributed by atoms with Crippen LogP contribution in [0.25, 0.3) is 0 Å². The van der Waals surface area contributed by atoms with Crippen molar-refractivity contribution in [2.45, 2.75) is 32.4 Å². The summed E-state index contributed by atoms with van der Waals surface area (Å²) in [6, 6.07) is 3.32. The molecule has 22 heavy (non-hydrogen) atoms. The maximum atomic E-state index is 14.1. The molecule has 5 nitrogen and oxygen atoms in total. The Hall–Kier alpha value is -1.82. The number of halogens is 1. The molecule has 0 aliphatic carbocycles. The number of nitrogens with two attached hydrogens (primary N) is 1. The molecule has 120 valence electrons. The number of carbonyl (C=O) groups is 1. The summed E-state index contributed by atoms with van der Waals surface area (Å²) >= 11 is 0. The van der Waals surface area contributed by atoms with Crippen LogP contribution in [0.5, 0.6) is 0 Å². The summed E-state index contributed by atoms with van der Waals surface area (Å²) in [7, 11) is 0. The molecule has 0 saturated carbocycles. The van der Waals surface area contributed by atoms with Crippen LogP contribution in [0.3, 0.4) is 0 Å². The number of anilines is 1. The fourth-order valence-electron chi connectivity index (χ4n) is 3.42. The summed E-state index contributed by atoms with van der Waals surface area (Å²) in [5, 5.41) is 0. The lowest BCUT2D eigenvalue weighted by atomic mass is 10.0. The van der Waals surface area contributed by atoms with E-state index in [4.69, 9.17) is 10.5 Å². The average Bonchev–Trinajstić information content (AvgIpc) is 2.71. The maximum absolute atomic E-state index is 14.1. The van der Waals surface area contributed by atoms with E-state index in [1.807, 2.05) is 6.92 Å². The van der Waals surface area contributed by atoms with Gasteiger partial charge >= 0.3 is 6.09 Å². The monoisotopic (exact) mass is 307 g/mol. The summed E-state index contributed by atoms with van der Waals surface area (Å²) in [5.41, 5.74) is 8.32. The van der Waals surface area contributed by atoms with Gasteiger partial charge in [-0.1, -0.05) is 0 Å². The molecular formula is C16H22FN3O2. The van der Waals surface area contributed by atoms with Crippen molar-refractivity contribution in [2.24, 2.45) is 0 Å². The number of fused-ring (bicyclic) bond motifs is 2. The fraction of sp³-hybridized carbons (Fsp3) is 0.562. The summed E-state index contributed by atoms with van der Waals surface area (Å²) in [6.07, 6.45) is 1.36. The molecule has 2 N–H and O–H groups in total. The first-order chi connectivity index (χ1) is 10.6. The van der Waals surface area contributed by atoms with Gasteiger partial charge in [-0.25, -0.2) is 9.18 Å². The minimum Gasteiger partial charge on any atom is -0.450 e. The van der Waals surface area contributed by atoms with Gasteiger partial charge in [0.2, 0.25) is 0 Å². The number of carbonyl (C=O) groups excluding carboxylic acids is 1. The van der Waals surface area contributed by atoms with Crippen LogP contribution in [0.4, 0.5) is 14.9 Å². The molecule has 1 atom stereocenters. The Bertz CT molecular complexity index is 579. The van der Waals surface area contributed by atoms with Gasteiger partial charge in [-0.3, -0.25) is 4.90 Å². The molecule has 6 heteroatoms. The zero-order valence-electron chi connectivity index (χ0n) is 12.8. The van der Waals surface area contributed by atoms with E-state index in [0.29, 0.717) is 37.5 Å². The third-order valence-electron chi connectivity index (χ3n) is 4.63. The Morgan fingerprint density at radius 2 is 2.23 bits per heavy atom. The predicted octanol–water partition coefficient (Wildman–Crippen LogP) is 2.00. The van der Waals surface area contributed by atoms with Crippen LogP contribution in [0.2, 0.25) is 0 Å². The van der Waals surface area contributed by atoms with Gasteiger partial charge in [-0.15, -0.1) is 0 Å². The number of piperazine rings is 1. The molecule has 1 fully saturated rings. The minimum absolute atomic E-state index is 0.183. The molecule has 1 aromatic carbocycles. The van der Waals surface area contributed by atoms with Crippen molar-refractivity contribution in [1.82, 2.24) is 9.80 Å². The standard InChI is InChI=1S/C16H22FN3O2/c1-2-22-16(21)20-8-7-19-10-13-12(4-3-11(19)9-20)15(18)6-5-14(13)17/h5-6,11H,2-4,7-10,18H2,1H3. The summed E-state index contributed by atoms with van der Waals surface area (Å²) in [5.74, 6) is -0.183. The highest BCUT2D eigenvalue weighted by atomic mass is 19.1. The van der Waals surface area contributed by atoms with Crippen molar-refractivity contribution in [3.05, 3.63) is 29.1 Å². The summed E-state index contributed by atoms with van der Waals surface area (Å²) in [4.78, 5) is 15.9. The second-order valence-corrected chi connectivity index (χ2v) is 5.90. The van der Waals surface area contributed by atoms with E-state index in [1.165, 1.54) is 6.07 Å². The van der Waals surface area contributed by atoms with Gasteiger partial charge in [-0.2, -0.15) is 0 Å².